The molecule has 3 aromatic rings. The summed E-state index contributed by atoms with van der Waals surface area (Å²) in [6.07, 6.45) is 0. The van der Waals surface area contributed by atoms with Crippen molar-refractivity contribution in [3.63, 3.8) is 0 Å². The molecule has 0 saturated carbocycles. The molecule has 0 aliphatic heterocycles. The van der Waals surface area contributed by atoms with Gasteiger partial charge in [0.05, 0.1) is 28.3 Å². The lowest BCUT2D eigenvalue weighted by Gasteiger charge is -2.12. The number of non-ortho nitro benzene ring substituents is 1. The van der Waals surface area contributed by atoms with Gasteiger partial charge in [-0.05, 0) is 36.4 Å². The van der Waals surface area contributed by atoms with Gasteiger partial charge in [-0.15, -0.1) is 0 Å². The van der Waals surface area contributed by atoms with Crippen molar-refractivity contribution < 1.29 is 27.3 Å². The molecule has 0 aromatic heterocycles. The number of hydrogen-bond donors (Lipinski definition) is 2. The number of carbonyl (C=O) groups excluding carboxylic acids is 1. The second-order valence-corrected chi connectivity index (χ2v) is 7.89. The molecule has 0 unspecified atom stereocenters. The van der Waals surface area contributed by atoms with E-state index >= 15 is 0 Å². The molecule has 2 N–H and O–H groups in total. The summed E-state index contributed by atoms with van der Waals surface area (Å²) in [5.41, 5.74) is -0.496. The molecule has 11 heteroatoms. The molecular weight excluding hydrogens is 429 g/mol. The second kappa shape index (κ2) is 8.79. The van der Waals surface area contributed by atoms with E-state index < -0.39 is 26.7 Å². The van der Waals surface area contributed by atoms with E-state index in [-0.39, 0.29) is 33.3 Å². The Hall–Kier alpha value is -3.99. The topological polar surface area (TPSA) is 128 Å². The number of carbonyl (C=O) groups is 1. The molecule has 0 bridgehead atoms. The molecule has 3 aromatic carbocycles. The quantitative estimate of drug-likeness (QED) is 0.421. The van der Waals surface area contributed by atoms with Crippen molar-refractivity contribution in [1.29, 1.82) is 0 Å². The minimum absolute atomic E-state index is 0.0371. The van der Waals surface area contributed by atoms with Crippen molar-refractivity contribution in [2.45, 2.75) is 4.90 Å². The number of rotatable bonds is 7. The monoisotopic (exact) mass is 445 g/mol. The first-order chi connectivity index (χ1) is 14.7. The van der Waals surface area contributed by atoms with Crippen LogP contribution >= 0.6 is 0 Å². The van der Waals surface area contributed by atoms with Crippen molar-refractivity contribution in [3.05, 3.63) is 88.2 Å². The van der Waals surface area contributed by atoms with Gasteiger partial charge in [0.15, 0.2) is 0 Å². The number of halogens is 1. The zero-order chi connectivity index (χ0) is 22.6. The van der Waals surface area contributed by atoms with Crippen LogP contribution in [0.5, 0.6) is 5.75 Å². The normalized spacial score (nSPS) is 10.9. The molecule has 0 fully saturated rings. The van der Waals surface area contributed by atoms with E-state index in [2.05, 4.69) is 10.0 Å². The largest absolute Gasteiger partial charge is 0.495 e. The summed E-state index contributed by atoms with van der Waals surface area (Å²) in [6.45, 7) is 0. The summed E-state index contributed by atoms with van der Waals surface area (Å²) in [7, 11) is -2.85. The van der Waals surface area contributed by atoms with E-state index in [9.17, 15) is 27.7 Å². The van der Waals surface area contributed by atoms with Crippen LogP contribution in [-0.4, -0.2) is 26.4 Å². The third-order valence-electron chi connectivity index (χ3n) is 4.17. The molecule has 0 heterocycles. The van der Waals surface area contributed by atoms with Crippen LogP contribution in [0.25, 0.3) is 0 Å². The van der Waals surface area contributed by atoms with Gasteiger partial charge >= 0.3 is 0 Å². The summed E-state index contributed by atoms with van der Waals surface area (Å²) < 4.78 is 46.2. The minimum Gasteiger partial charge on any atom is -0.495 e. The zero-order valence-electron chi connectivity index (χ0n) is 16.0. The Kier molecular flexibility index (Phi) is 6.16. The fourth-order valence-corrected chi connectivity index (χ4v) is 3.77. The number of para-hydroxylation sites is 1. The van der Waals surface area contributed by atoms with Crippen LogP contribution in [0.15, 0.2) is 71.6 Å². The predicted octanol–water partition coefficient (Wildman–Crippen LogP) is 3.80. The van der Waals surface area contributed by atoms with Gasteiger partial charge in [-0.1, -0.05) is 18.2 Å². The van der Waals surface area contributed by atoms with Crippen LogP contribution in [0.4, 0.5) is 21.5 Å². The maximum Gasteiger partial charge on any atom is 0.271 e. The molecule has 0 aliphatic rings. The highest BCUT2D eigenvalue weighted by Gasteiger charge is 2.19. The zero-order valence-corrected chi connectivity index (χ0v) is 16.9. The number of sulfonamides is 1. The molecule has 0 saturated heterocycles. The first-order valence-corrected chi connectivity index (χ1v) is 10.2. The Labute approximate surface area is 176 Å². The number of nitro benzene ring substituents is 1. The van der Waals surface area contributed by atoms with E-state index in [1.54, 1.807) is 0 Å². The fraction of sp³-hybridized carbons (Fsp3) is 0.0500. The highest BCUT2D eigenvalue weighted by Crippen LogP contribution is 2.29. The Morgan fingerprint density at radius 3 is 2.45 bits per heavy atom. The maximum atomic E-state index is 13.8. The number of methoxy groups -OCH3 is 1. The molecule has 0 atom stereocenters. The molecule has 9 nitrogen and oxygen atoms in total. The molecule has 0 spiro atoms. The van der Waals surface area contributed by atoms with Gasteiger partial charge in [-0.2, -0.15) is 0 Å². The van der Waals surface area contributed by atoms with E-state index in [4.69, 9.17) is 4.74 Å². The Balaban J connectivity index is 1.88. The summed E-state index contributed by atoms with van der Waals surface area (Å²) in [4.78, 5) is 22.7. The number of nitrogens with one attached hydrogen (secondary N) is 2. The summed E-state index contributed by atoms with van der Waals surface area (Å²) in [5.74, 6) is -1.29. The number of anilines is 2. The third kappa shape index (κ3) is 4.95. The molecule has 31 heavy (non-hydrogen) atoms. The van der Waals surface area contributed by atoms with Gasteiger partial charge < -0.3 is 10.1 Å². The van der Waals surface area contributed by atoms with Crippen LogP contribution in [0.2, 0.25) is 0 Å². The highest BCUT2D eigenvalue weighted by molar-refractivity contribution is 7.92. The molecule has 160 valence electrons. The average molecular weight is 445 g/mol. The summed E-state index contributed by atoms with van der Waals surface area (Å²) >= 11 is 0. The lowest BCUT2D eigenvalue weighted by Crippen LogP contribution is -2.16. The van der Waals surface area contributed by atoms with Crippen molar-refractivity contribution in [3.8, 4) is 5.75 Å². The lowest BCUT2D eigenvalue weighted by atomic mass is 10.2. The lowest BCUT2D eigenvalue weighted by molar-refractivity contribution is -0.384. The first-order valence-electron chi connectivity index (χ1n) is 8.72. The van der Waals surface area contributed by atoms with E-state index in [1.807, 2.05) is 0 Å². The molecule has 0 radical (unpaired) electrons. The second-order valence-electron chi connectivity index (χ2n) is 6.21. The Morgan fingerprint density at radius 2 is 1.77 bits per heavy atom. The van der Waals surface area contributed by atoms with Crippen LogP contribution in [0.1, 0.15) is 10.4 Å². The van der Waals surface area contributed by atoms with E-state index in [0.717, 1.165) is 18.2 Å². The Morgan fingerprint density at radius 1 is 1.03 bits per heavy atom. The minimum atomic E-state index is -4.18. The van der Waals surface area contributed by atoms with Crippen molar-refractivity contribution >= 4 is 33.0 Å². The number of hydrogen-bond acceptors (Lipinski definition) is 6. The van der Waals surface area contributed by atoms with Crippen molar-refractivity contribution in [1.82, 2.24) is 0 Å². The summed E-state index contributed by atoms with van der Waals surface area (Å²) in [5, 5.41) is 13.5. The van der Waals surface area contributed by atoms with Crippen molar-refractivity contribution in [2.75, 3.05) is 17.1 Å². The highest BCUT2D eigenvalue weighted by atomic mass is 32.2. The molecular formula is C20H16FN3O6S. The Bertz CT molecular complexity index is 1260. The first kappa shape index (κ1) is 21.7. The van der Waals surface area contributed by atoms with Crippen LogP contribution in [-0.2, 0) is 10.0 Å². The van der Waals surface area contributed by atoms with Crippen LogP contribution in [0.3, 0.4) is 0 Å². The summed E-state index contributed by atoms with van der Waals surface area (Å²) in [6, 6.07) is 14.0. The number of benzene rings is 3. The van der Waals surface area contributed by atoms with Gasteiger partial charge in [0.2, 0.25) is 0 Å². The maximum absolute atomic E-state index is 13.8. The van der Waals surface area contributed by atoms with Crippen LogP contribution < -0.4 is 14.8 Å². The number of nitro groups is 1. The van der Waals surface area contributed by atoms with E-state index in [0.29, 0.717) is 0 Å². The van der Waals surface area contributed by atoms with Gasteiger partial charge in [0.25, 0.3) is 21.6 Å². The molecule has 0 aliphatic carbocycles. The average Bonchev–Trinajstić information content (AvgIpc) is 2.75. The van der Waals surface area contributed by atoms with Gasteiger partial charge in [0.1, 0.15) is 11.6 Å². The molecule has 1 amide bonds. The van der Waals surface area contributed by atoms with Gasteiger partial charge in [-0.3, -0.25) is 19.6 Å². The van der Waals surface area contributed by atoms with Gasteiger partial charge in [-0.25, -0.2) is 12.8 Å². The number of nitrogens with zero attached hydrogens (tertiary/aromatic N) is 1. The van der Waals surface area contributed by atoms with E-state index in [1.165, 1.54) is 55.6 Å². The number of amides is 1. The number of ether oxygens (including phenoxy) is 1. The molecule has 3 rings (SSSR count). The smallest absolute Gasteiger partial charge is 0.271 e. The van der Waals surface area contributed by atoms with Crippen molar-refractivity contribution in [2.24, 2.45) is 0 Å². The predicted molar refractivity (Wildman–Crippen MR) is 111 cm³/mol. The standard InChI is InChI=1S/C20H16FN3O6S/c1-30-19-10-9-14(24(26)27)12-18(19)22-20(25)13-5-4-6-15(11-13)31(28,29)23-17-8-3-2-7-16(17)21/h2-12,23H,1H3,(H,22,25). The van der Waals surface area contributed by atoms with Gasteiger partial charge in [0, 0.05) is 17.7 Å². The third-order valence-corrected chi connectivity index (χ3v) is 5.53. The van der Waals surface area contributed by atoms with Crippen LogP contribution in [0, 0.1) is 15.9 Å². The fourth-order valence-electron chi connectivity index (χ4n) is 2.65. The SMILES string of the molecule is COc1ccc([N+](=O)[O-])cc1NC(=O)c1cccc(S(=O)(=O)Nc2ccccc2F)c1.